The Kier molecular flexibility index (Phi) is 4.94. The smallest absolute Gasteiger partial charge is 0.0701 e. The Hall–Kier alpha value is 0.100. The topological polar surface area (TPSA) is 32.3 Å². The Balaban J connectivity index is 2.20. The zero-order chi connectivity index (χ0) is 9.68. The summed E-state index contributed by atoms with van der Waals surface area (Å²) in [6, 6.07) is 2.11. The van der Waals surface area contributed by atoms with Gasteiger partial charge in [-0.05, 0) is 38.9 Å². The van der Waals surface area contributed by atoms with Gasteiger partial charge in [-0.25, -0.2) is 0 Å². The van der Waals surface area contributed by atoms with Gasteiger partial charge < -0.3 is 10.4 Å². The Morgan fingerprint density at radius 3 is 3.00 bits per heavy atom. The number of rotatable bonds is 5. The number of nitrogens with one attached hydrogen (secondary N) is 1. The second-order valence-electron chi connectivity index (χ2n) is 3.18. The third kappa shape index (κ3) is 4.22. The highest BCUT2D eigenvalue weighted by molar-refractivity contribution is 9.11. The first-order chi connectivity index (χ1) is 6.22. The van der Waals surface area contributed by atoms with Crippen molar-refractivity contribution in [1.82, 2.24) is 5.32 Å². The summed E-state index contributed by atoms with van der Waals surface area (Å²) in [4.78, 5) is 0. The van der Waals surface area contributed by atoms with Gasteiger partial charge >= 0.3 is 0 Å². The number of hydrogen-bond donors (Lipinski definition) is 2. The molecule has 0 bridgehead atoms. The molecule has 0 aliphatic carbocycles. The average molecular weight is 264 g/mol. The first-order valence-corrected chi connectivity index (χ1v) is 5.94. The highest BCUT2D eigenvalue weighted by Crippen LogP contribution is 2.20. The minimum absolute atomic E-state index is 0.250. The summed E-state index contributed by atoms with van der Waals surface area (Å²) < 4.78 is 1.17. The van der Waals surface area contributed by atoms with Crippen molar-refractivity contribution in [3.05, 3.63) is 20.8 Å². The van der Waals surface area contributed by atoms with E-state index in [9.17, 15) is 0 Å². The van der Waals surface area contributed by atoms with Crippen LogP contribution < -0.4 is 5.32 Å². The molecule has 0 aliphatic rings. The number of halogens is 1. The van der Waals surface area contributed by atoms with Gasteiger partial charge in [0.2, 0.25) is 0 Å². The van der Waals surface area contributed by atoms with E-state index in [4.69, 9.17) is 5.11 Å². The minimum atomic E-state index is 0.250. The second kappa shape index (κ2) is 5.75. The fraction of sp³-hybridized carbons (Fsp3) is 0.556. The quantitative estimate of drug-likeness (QED) is 0.854. The van der Waals surface area contributed by atoms with E-state index in [1.165, 1.54) is 9.35 Å². The highest BCUT2D eigenvalue weighted by atomic mass is 79.9. The monoisotopic (exact) mass is 263 g/mol. The molecule has 0 saturated carbocycles. The molecule has 1 atom stereocenters. The third-order valence-electron chi connectivity index (χ3n) is 1.76. The fourth-order valence-corrected chi connectivity index (χ4v) is 2.18. The van der Waals surface area contributed by atoms with Crippen LogP contribution in [0.4, 0.5) is 0 Å². The molecule has 0 saturated heterocycles. The first kappa shape index (κ1) is 11.2. The molecule has 1 aromatic rings. The van der Waals surface area contributed by atoms with Gasteiger partial charge in [0.1, 0.15) is 0 Å². The van der Waals surface area contributed by atoms with Gasteiger partial charge in [-0.3, -0.25) is 0 Å². The van der Waals surface area contributed by atoms with Crippen molar-refractivity contribution in [1.29, 1.82) is 0 Å². The molecule has 2 nitrogen and oxygen atoms in total. The van der Waals surface area contributed by atoms with Gasteiger partial charge in [-0.2, -0.15) is 0 Å². The van der Waals surface area contributed by atoms with Crippen LogP contribution in [0.3, 0.4) is 0 Å². The summed E-state index contributed by atoms with van der Waals surface area (Å²) in [6.45, 7) is 4.02. The lowest BCUT2D eigenvalue weighted by atomic mass is 10.2. The molecule has 1 aromatic heterocycles. The van der Waals surface area contributed by atoms with Gasteiger partial charge in [0.15, 0.2) is 0 Å². The summed E-state index contributed by atoms with van der Waals surface area (Å²) >= 11 is 5.11. The molecule has 0 aliphatic heterocycles. The average Bonchev–Trinajstić information content (AvgIpc) is 2.51. The maximum atomic E-state index is 8.79. The predicted octanol–water partition coefficient (Wildman–Crippen LogP) is 2.23. The van der Waals surface area contributed by atoms with Crippen molar-refractivity contribution in [3.63, 3.8) is 0 Å². The molecule has 74 valence electrons. The van der Waals surface area contributed by atoms with Crippen molar-refractivity contribution in [2.75, 3.05) is 13.2 Å². The molecular formula is C9H14BrNOS. The SMILES string of the molecule is CC(CO)CNCc1csc(Br)c1. The summed E-state index contributed by atoms with van der Waals surface area (Å²) in [7, 11) is 0. The lowest BCUT2D eigenvalue weighted by Crippen LogP contribution is -2.22. The van der Waals surface area contributed by atoms with Crippen molar-refractivity contribution in [2.24, 2.45) is 5.92 Å². The zero-order valence-corrected chi connectivity index (χ0v) is 9.99. The van der Waals surface area contributed by atoms with E-state index in [2.05, 4.69) is 32.7 Å². The largest absolute Gasteiger partial charge is 0.396 e. The lowest BCUT2D eigenvalue weighted by molar-refractivity contribution is 0.233. The molecular weight excluding hydrogens is 250 g/mol. The van der Waals surface area contributed by atoms with Gasteiger partial charge in [0, 0.05) is 19.7 Å². The van der Waals surface area contributed by atoms with Crippen molar-refractivity contribution in [3.8, 4) is 0 Å². The molecule has 0 aromatic carbocycles. The first-order valence-electron chi connectivity index (χ1n) is 4.27. The van der Waals surface area contributed by atoms with E-state index < -0.39 is 0 Å². The van der Waals surface area contributed by atoms with Crippen LogP contribution in [0.1, 0.15) is 12.5 Å². The molecule has 0 amide bonds. The Labute approximate surface area is 91.1 Å². The van der Waals surface area contributed by atoms with Crippen LogP contribution in [0, 0.1) is 5.92 Å². The van der Waals surface area contributed by atoms with Gasteiger partial charge in [-0.15, -0.1) is 11.3 Å². The molecule has 0 spiro atoms. The maximum absolute atomic E-state index is 8.79. The van der Waals surface area contributed by atoms with Crippen LogP contribution in [0.15, 0.2) is 15.2 Å². The fourth-order valence-electron chi connectivity index (χ4n) is 0.966. The third-order valence-corrected chi connectivity index (χ3v) is 3.31. The van der Waals surface area contributed by atoms with Crippen molar-refractivity contribution < 1.29 is 5.11 Å². The Morgan fingerprint density at radius 2 is 2.46 bits per heavy atom. The van der Waals surface area contributed by atoms with E-state index >= 15 is 0 Å². The molecule has 0 fully saturated rings. The van der Waals surface area contributed by atoms with Crippen LogP contribution >= 0.6 is 27.3 Å². The Morgan fingerprint density at radius 1 is 1.69 bits per heavy atom. The van der Waals surface area contributed by atoms with Crippen LogP contribution in [-0.4, -0.2) is 18.3 Å². The van der Waals surface area contributed by atoms with Gasteiger partial charge in [0.05, 0.1) is 3.79 Å². The molecule has 1 rings (SSSR count). The molecule has 1 heterocycles. The van der Waals surface area contributed by atoms with Crippen molar-refractivity contribution >= 4 is 27.3 Å². The summed E-state index contributed by atoms with van der Waals surface area (Å²) in [5.41, 5.74) is 1.29. The maximum Gasteiger partial charge on any atom is 0.0701 e. The van der Waals surface area contributed by atoms with Crippen LogP contribution in [-0.2, 0) is 6.54 Å². The highest BCUT2D eigenvalue weighted by Gasteiger charge is 2.00. The van der Waals surface area contributed by atoms with E-state index in [0.717, 1.165) is 13.1 Å². The van der Waals surface area contributed by atoms with Crippen LogP contribution in [0.5, 0.6) is 0 Å². The summed E-state index contributed by atoms with van der Waals surface area (Å²) in [5.74, 6) is 0.335. The normalized spacial score (nSPS) is 13.2. The molecule has 1 unspecified atom stereocenters. The van der Waals surface area contributed by atoms with Gasteiger partial charge in [0.25, 0.3) is 0 Å². The van der Waals surface area contributed by atoms with E-state index in [1.54, 1.807) is 11.3 Å². The summed E-state index contributed by atoms with van der Waals surface area (Å²) in [5, 5.41) is 14.2. The molecule has 0 radical (unpaired) electrons. The molecule has 2 N–H and O–H groups in total. The molecule has 4 heteroatoms. The summed E-state index contributed by atoms with van der Waals surface area (Å²) in [6.07, 6.45) is 0. The Bertz CT molecular complexity index is 252. The standard InChI is InChI=1S/C9H14BrNOS/c1-7(5-12)3-11-4-8-2-9(10)13-6-8/h2,6-7,11-12H,3-5H2,1H3. The lowest BCUT2D eigenvalue weighted by Gasteiger charge is -2.07. The molecule has 13 heavy (non-hydrogen) atoms. The number of aliphatic hydroxyl groups excluding tert-OH is 1. The van der Waals surface area contributed by atoms with Crippen molar-refractivity contribution in [2.45, 2.75) is 13.5 Å². The number of thiophene rings is 1. The van der Waals surface area contributed by atoms with E-state index in [-0.39, 0.29) is 6.61 Å². The van der Waals surface area contributed by atoms with Crippen LogP contribution in [0.2, 0.25) is 0 Å². The zero-order valence-electron chi connectivity index (χ0n) is 7.59. The minimum Gasteiger partial charge on any atom is -0.396 e. The predicted molar refractivity (Wildman–Crippen MR) is 60.0 cm³/mol. The van der Waals surface area contributed by atoms with E-state index in [0.29, 0.717) is 5.92 Å². The second-order valence-corrected chi connectivity index (χ2v) is 5.47. The number of aliphatic hydroxyl groups is 1. The van der Waals surface area contributed by atoms with Crippen LogP contribution in [0.25, 0.3) is 0 Å². The van der Waals surface area contributed by atoms with Gasteiger partial charge in [-0.1, -0.05) is 6.92 Å². The van der Waals surface area contributed by atoms with E-state index in [1.807, 2.05) is 6.92 Å². The number of hydrogen-bond acceptors (Lipinski definition) is 3.